The fourth-order valence-electron chi connectivity index (χ4n) is 1.30. The Morgan fingerprint density at radius 3 is 2.59 bits per heavy atom. The average molecular weight is 257 g/mol. The van der Waals surface area contributed by atoms with Crippen molar-refractivity contribution in [3.63, 3.8) is 0 Å². The Kier molecular flexibility index (Phi) is 4.34. The quantitative estimate of drug-likeness (QED) is 0.813. The topological polar surface area (TPSA) is 72.6 Å². The van der Waals surface area contributed by atoms with Crippen LogP contribution in [0, 0.1) is 0 Å². The van der Waals surface area contributed by atoms with E-state index in [0.717, 1.165) is 0 Å². The zero-order valence-electron chi connectivity index (χ0n) is 9.57. The summed E-state index contributed by atoms with van der Waals surface area (Å²) in [6.45, 7) is 0.213. The first-order valence-electron chi connectivity index (χ1n) is 4.83. The molecule has 1 aromatic carbocycles. The maximum Gasteiger partial charge on any atom is 0.311 e. The van der Waals surface area contributed by atoms with Gasteiger partial charge >= 0.3 is 11.8 Å². The van der Waals surface area contributed by atoms with Crippen LogP contribution < -0.4 is 10.5 Å². The Labute approximate surface area is 104 Å². The van der Waals surface area contributed by atoms with Crippen LogP contribution in [-0.2, 0) is 16.1 Å². The highest BCUT2D eigenvalue weighted by Crippen LogP contribution is 2.23. The first kappa shape index (κ1) is 13.3. The van der Waals surface area contributed by atoms with Gasteiger partial charge in [0.15, 0.2) is 0 Å². The zero-order chi connectivity index (χ0) is 13.0. The number of nitrogens with zero attached hydrogens (tertiary/aromatic N) is 1. The van der Waals surface area contributed by atoms with Crippen molar-refractivity contribution in [1.29, 1.82) is 0 Å². The second-order valence-corrected chi connectivity index (χ2v) is 3.89. The minimum atomic E-state index is -0.989. The van der Waals surface area contributed by atoms with Crippen LogP contribution in [0.15, 0.2) is 18.2 Å². The zero-order valence-corrected chi connectivity index (χ0v) is 10.3. The van der Waals surface area contributed by atoms with E-state index in [-0.39, 0.29) is 6.54 Å². The number of ether oxygens (including phenoxy) is 1. The van der Waals surface area contributed by atoms with Gasteiger partial charge in [-0.1, -0.05) is 17.7 Å². The molecule has 92 valence electrons. The molecule has 0 saturated heterocycles. The lowest BCUT2D eigenvalue weighted by atomic mass is 10.2. The SMILES string of the molecule is COc1ccc(CN(C)C(=O)C(N)=O)c(Cl)c1. The van der Waals surface area contributed by atoms with E-state index < -0.39 is 11.8 Å². The molecule has 0 aliphatic carbocycles. The maximum atomic E-state index is 11.3. The first-order chi connectivity index (χ1) is 7.95. The summed E-state index contributed by atoms with van der Waals surface area (Å²) in [6, 6.07) is 5.09. The summed E-state index contributed by atoms with van der Waals surface area (Å²) in [6.07, 6.45) is 0. The lowest BCUT2D eigenvalue weighted by Crippen LogP contribution is -2.37. The molecule has 0 aromatic heterocycles. The van der Waals surface area contributed by atoms with E-state index in [1.54, 1.807) is 18.2 Å². The highest BCUT2D eigenvalue weighted by Gasteiger charge is 2.16. The molecule has 0 aliphatic rings. The summed E-state index contributed by atoms with van der Waals surface area (Å²) < 4.78 is 5.00. The smallest absolute Gasteiger partial charge is 0.311 e. The largest absolute Gasteiger partial charge is 0.497 e. The number of primary amides is 1. The molecular weight excluding hydrogens is 244 g/mol. The van der Waals surface area contributed by atoms with Crippen molar-refractivity contribution in [3.05, 3.63) is 28.8 Å². The highest BCUT2D eigenvalue weighted by molar-refractivity contribution is 6.34. The number of likely N-dealkylation sites (N-methyl/N-ethyl adjacent to an activating group) is 1. The van der Waals surface area contributed by atoms with E-state index >= 15 is 0 Å². The van der Waals surface area contributed by atoms with Gasteiger partial charge in [0.05, 0.1) is 7.11 Å². The Bertz CT molecular complexity index is 448. The van der Waals surface area contributed by atoms with E-state index in [4.69, 9.17) is 22.1 Å². The summed E-state index contributed by atoms with van der Waals surface area (Å²) in [7, 11) is 3.02. The van der Waals surface area contributed by atoms with Gasteiger partial charge in [-0.15, -0.1) is 0 Å². The third-order valence-electron chi connectivity index (χ3n) is 2.23. The molecule has 5 nitrogen and oxygen atoms in total. The molecule has 1 rings (SSSR count). The fourth-order valence-corrected chi connectivity index (χ4v) is 1.53. The van der Waals surface area contributed by atoms with Crippen LogP contribution >= 0.6 is 11.6 Å². The van der Waals surface area contributed by atoms with Crippen LogP contribution in [0.25, 0.3) is 0 Å². The maximum absolute atomic E-state index is 11.3. The minimum Gasteiger partial charge on any atom is -0.497 e. The molecule has 6 heteroatoms. The molecule has 0 aliphatic heterocycles. The molecule has 0 heterocycles. The van der Waals surface area contributed by atoms with Gasteiger partial charge in [-0.2, -0.15) is 0 Å². The second-order valence-electron chi connectivity index (χ2n) is 3.48. The molecule has 0 radical (unpaired) electrons. The van der Waals surface area contributed by atoms with Gasteiger partial charge in [0.2, 0.25) is 0 Å². The second kappa shape index (κ2) is 5.54. The van der Waals surface area contributed by atoms with E-state index in [9.17, 15) is 9.59 Å². The molecule has 0 spiro atoms. The third kappa shape index (κ3) is 3.35. The van der Waals surface area contributed by atoms with Gasteiger partial charge in [0, 0.05) is 18.6 Å². The van der Waals surface area contributed by atoms with Gasteiger partial charge < -0.3 is 15.4 Å². The van der Waals surface area contributed by atoms with Crippen LogP contribution in [0.2, 0.25) is 5.02 Å². The molecule has 2 amide bonds. The molecule has 17 heavy (non-hydrogen) atoms. The summed E-state index contributed by atoms with van der Waals surface area (Å²) >= 11 is 6.00. The highest BCUT2D eigenvalue weighted by atomic mass is 35.5. The predicted octanol–water partition coefficient (Wildman–Crippen LogP) is 0.792. The molecule has 0 fully saturated rings. The number of rotatable bonds is 3. The summed E-state index contributed by atoms with van der Waals surface area (Å²) in [5.41, 5.74) is 5.60. The fraction of sp³-hybridized carbons (Fsp3) is 0.273. The van der Waals surface area contributed by atoms with Gasteiger partial charge in [-0.3, -0.25) is 9.59 Å². The Hall–Kier alpha value is -1.75. The van der Waals surface area contributed by atoms with Crippen molar-refractivity contribution in [2.45, 2.75) is 6.54 Å². The van der Waals surface area contributed by atoms with Crippen molar-refractivity contribution in [2.75, 3.05) is 14.2 Å². The molecular formula is C11H13ClN2O3. The van der Waals surface area contributed by atoms with Gasteiger partial charge in [-0.05, 0) is 17.7 Å². The number of hydrogen-bond acceptors (Lipinski definition) is 3. The number of benzene rings is 1. The molecule has 1 aromatic rings. The Balaban J connectivity index is 2.82. The number of carbonyl (C=O) groups is 2. The van der Waals surface area contributed by atoms with Crippen LogP contribution in [0.3, 0.4) is 0 Å². The normalized spacial score (nSPS) is 9.82. The van der Waals surface area contributed by atoms with Crippen LogP contribution in [0.1, 0.15) is 5.56 Å². The van der Waals surface area contributed by atoms with Gasteiger partial charge in [0.1, 0.15) is 5.75 Å². The summed E-state index contributed by atoms with van der Waals surface area (Å²) in [4.78, 5) is 23.2. The summed E-state index contributed by atoms with van der Waals surface area (Å²) in [5.74, 6) is -1.11. The predicted molar refractivity (Wildman–Crippen MR) is 63.7 cm³/mol. The molecule has 0 bridgehead atoms. The van der Waals surface area contributed by atoms with Crippen LogP contribution in [0.4, 0.5) is 0 Å². The Morgan fingerprint density at radius 1 is 1.47 bits per heavy atom. The third-order valence-corrected chi connectivity index (χ3v) is 2.58. The lowest BCUT2D eigenvalue weighted by molar-refractivity contribution is -0.143. The number of amides is 2. The van der Waals surface area contributed by atoms with E-state index in [0.29, 0.717) is 16.3 Å². The van der Waals surface area contributed by atoms with E-state index in [1.807, 2.05) is 0 Å². The van der Waals surface area contributed by atoms with Crippen molar-refractivity contribution >= 4 is 23.4 Å². The minimum absolute atomic E-state index is 0.213. The average Bonchev–Trinajstić information content (AvgIpc) is 2.30. The van der Waals surface area contributed by atoms with Gasteiger partial charge in [-0.25, -0.2) is 0 Å². The molecule has 0 atom stereocenters. The van der Waals surface area contributed by atoms with E-state index in [2.05, 4.69) is 0 Å². The summed E-state index contributed by atoms with van der Waals surface area (Å²) in [5, 5.41) is 0.466. The van der Waals surface area contributed by atoms with Crippen molar-refractivity contribution in [2.24, 2.45) is 5.73 Å². The Morgan fingerprint density at radius 2 is 2.12 bits per heavy atom. The number of methoxy groups -OCH3 is 1. The number of halogens is 1. The standard InChI is InChI=1S/C11H13ClN2O3/c1-14(11(16)10(13)15)6-7-3-4-8(17-2)5-9(7)12/h3-5H,6H2,1-2H3,(H2,13,15). The van der Waals surface area contributed by atoms with Crippen molar-refractivity contribution in [1.82, 2.24) is 4.90 Å². The van der Waals surface area contributed by atoms with Crippen molar-refractivity contribution in [3.8, 4) is 5.75 Å². The number of hydrogen-bond donors (Lipinski definition) is 1. The molecule has 2 N–H and O–H groups in total. The number of nitrogens with two attached hydrogens (primary N) is 1. The number of carbonyl (C=O) groups excluding carboxylic acids is 2. The van der Waals surface area contributed by atoms with Crippen LogP contribution in [-0.4, -0.2) is 30.9 Å². The van der Waals surface area contributed by atoms with Gasteiger partial charge in [0.25, 0.3) is 0 Å². The first-order valence-corrected chi connectivity index (χ1v) is 5.20. The molecule has 0 unspecified atom stereocenters. The lowest BCUT2D eigenvalue weighted by Gasteiger charge is -2.16. The monoisotopic (exact) mass is 256 g/mol. The van der Waals surface area contributed by atoms with E-state index in [1.165, 1.54) is 19.1 Å². The van der Waals surface area contributed by atoms with Crippen molar-refractivity contribution < 1.29 is 14.3 Å². The van der Waals surface area contributed by atoms with Crippen LogP contribution in [0.5, 0.6) is 5.75 Å². The molecule has 0 saturated carbocycles.